The number of anilines is 2. The van der Waals surface area contributed by atoms with Crippen LogP contribution in [-0.2, 0) is 12.8 Å². The largest absolute Gasteiger partial charge is 0.399 e. The molecule has 3 heteroatoms. The second-order valence-electron chi connectivity index (χ2n) is 4.53. The predicted octanol–water partition coefficient (Wildman–Crippen LogP) is 4.06. The van der Waals surface area contributed by atoms with E-state index in [1.807, 2.05) is 12.1 Å². The van der Waals surface area contributed by atoms with Crippen LogP contribution < -0.4 is 11.5 Å². The average molecular weight is 277 g/mol. The highest BCUT2D eigenvalue weighted by atomic mass is 35.5. The molecule has 2 aromatic carbocycles. The van der Waals surface area contributed by atoms with Crippen LogP contribution in [0.2, 0.25) is 0 Å². The Balaban J connectivity index is 0.00000180. The summed E-state index contributed by atoms with van der Waals surface area (Å²) in [6, 6.07) is 12.4. The molecule has 0 heterocycles. The Hall–Kier alpha value is -1.67. The maximum absolute atomic E-state index is 5.94. The molecular weight excluding hydrogens is 256 g/mol. The Bertz CT molecular complexity index is 513. The minimum absolute atomic E-state index is 0. The van der Waals surface area contributed by atoms with Crippen molar-refractivity contribution in [1.29, 1.82) is 0 Å². The highest BCUT2D eigenvalue weighted by molar-refractivity contribution is 5.85. The SMILES string of the molecule is CCc1cc(-c2ccc(N)c(CC)c2)ccc1N.Cl. The second-order valence-corrected chi connectivity index (χ2v) is 4.53. The summed E-state index contributed by atoms with van der Waals surface area (Å²) in [6.07, 6.45) is 1.91. The molecule has 2 aromatic rings. The van der Waals surface area contributed by atoms with E-state index in [4.69, 9.17) is 11.5 Å². The molecule has 0 bridgehead atoms. The lowest BCUT2D eigenvalue weighted by Crippen LogP contribution is -1.95. The van der Waals surface area contributed by atoms with E-state index in [-0.39, 0.29) is 12.4 Å². The Morgan fingerprint density at radius 3 is 1.42 bits per heavy atom. The Morgan fingerprint density at radius 2 is 1.11 bits per heavy atom. The number of benzene rings is 2. The van der Waals surface area contributed by atoms with Gasteiger partial charge in [0.15, 0.2) is 0 Å². The molecule has 102 valence electrons. The zero-order chi connectivity index (χ0) is 13.1. The molecule has 0 amide bonds. The summed E-state index contributed by atoms with van der Waals surface area (Å²) in [5.74, 6) is 0. The van der Waals surface area contributed by atoms with Gasteiger partial charge in [-0.1, -0.05) is 26.0 Å². The third kappa shape index (κ3) is 3.21. The Kier molecular flexibility index (Phi) is 5.25. The first-order valence-corrected chi connectivity index (χ1v) is 6.42. The first-order valence-electron chi connectivity index (χ1n) is 6.42. The van der Waals surface area contributed by atoms with Gasteiger partial charge in [-0.15, -0.1) is 12.4 Å². The van der Waals surface area contributed by atoms with E-state index >= 15 is 0 Å². The monoisotopic (exact) mass is 276 g/mol. The van der Waals surface area contributed by atoms with Gasteiger partial charge in [-0.3, -0.25) is 0 Å². The number of aryl methyl sites for hydroxylation is 2. The minimum Gasteiger partial charge on any atom is -0.399 e. The van der Waals surface area contributed by atoms with Crippen LogP contribution >= 0.6 is 12.4 Å². The van der Waals surface area contributed by atoms with Crippen molar-refractivity contribution in [2.24, 2.45) is 0 Å². The molecule has 4 N–H and O–H groups in total. The van der Waals surface area contributed by atoms with Crippen molar-refractivity contribution in [2.75, 3.05) is 11.5 Å². The Labute approximate surface area is 121 Å². The molecule has 0 spiro atoms. The maximum atomic E-state index is 5.94. The van der Waals surface area contributed by atoms with Crippen molar-refractivity contribution in [3.05, 3.63) is 47.5 Å². The number of halogens is 1. The summed E-state index contributed by atoms with van der Waals surface area (Å²) < 4.78 is 0. The van der Waals surface area contributed by atoms with Crippen LogP contribution in [0.5, 0.6) is 0 Å². The van der Waals surface area contributed by atoms with Gasteiger partial charge in [0.05, 0.1) is 0 Å². The smallest absolute Gasteiger partial charge is 0.0346 e. The van der Waals surface area contributed by atoms with Crippen LogP contribution in [0.15, 0.2) is 36.4 Å². The quantitative estimate of drug-likeness (QED) is 0.831. The third-order valence-corrected chi connectivity index (χ3v) is 3.38. The Morgan fingerprint density at radius 1 is 0.737 bits per heavy atom. The lowest BCUT2D eigenvalue weighted by atomic mass is 9.98. The second kappa shape index (κ2) is 6.48. The number of nitrogen functional groups attached to an aromatic ring is 2. The molecule has 2 rings (SSSR count). The standard InChI is InChI=1S/C16H20N2.ClH/c1-3-11-9-13(5-7-15(11)17)14-6-8-16(18)12(4-2)10-14;/h5-10H,3-4,17-18H2,1-2H3;1H. The third-order valence-electron chi connectivity index (χ3n) is 3.38. The molecular formula is C16H21ClN2. The fraction of sp³-hybridized carbons (Fsp3) is 0.250. The van der Waals surface area contributed by atoms with Crippen molar-refractivity contribution < 1.29 is 0 Å². The maximum Gasteiger partial charge on any atom is 0.0346 e. The van der Waals surface area contributed by atoms with Crippen LogP contribution in [0.4, 0.5) is 11.4 Å². The van der Waals surface area contributed by atoms with Gasteiger partial charge in [-0.2, -0.15) is 0 Å². The zero-order valence-electron chi connectivity index (χ0n) is 11.4. The molecule has 0 aliphatic carbocycles. The van der Waals surface area contributed by atoms with Crippen molar-refractivity contribution in [3.63, 3.8) is 0 Å². The zero-order valence-corrected chi connectivity index (χ0v) is 12.3. The fourth-order valence-electron chi connectivity index (χ4n) is 2.18. The molecule has 0 aromatic heterocycles. The molecule has 19 heavy (non-hydrogen) atoms. The van der Waals surface area contributed by atoms with Crippen LogP contribution in [0.3, 0.4) is 0 Å². The molecule has 2 nitrogen and oxygen atoms in total. The number of hydrogen-bond acceptors (Lipinski definition) is 2. The highest BCUT2D eigenvalue weighted by Crippen LogP contribution is 2.27. The van der Waals surface area contributed by atoms with Gasteiger partial charge >= 0.3 is 0 Å². The van der Waals surface area contributed by atoms with Gasteiger partial charge in [0.1, 0.15) is 0 Å². The summed E-state index contributed by atoms with van der Waals surface area (Å²) in [4.78, 5) is 0. The number of nitrogens with two attached hydrogens (primary N) is 2. The highest BCUT2D eigenvalue weighted by Gasteiger charge is 2.04. The van der Waals surface area contributed by atoms with E-state index in [1.165, 1.54) is 22.3 Å². The molecule has 0 atom stereocenters. The molecule has 0 saturated heterocycles. The number of rotatable bonds is 3. The van der Waals surface area contributed by atoms with E-state index < -0.39 is 0 Å². The van der Waals surface area contributed by atoms with Crippen LogP contribution in [0.1, 0.15) is 25.0 Å². The van der Waals surface area contributed by atoms with E-state index in [0.29, 0.717) is 0 Å². The first kappa shape index (κ1) is 15.4. The van der Waals surface area contributed by atoms with Crippen LogP contribution in [0, 0.1) is 0 Å². The van der Waals surface area contributed by atoms with Gasteiger partial charge < -0.3 is 11.5 Å². The van der Waals surface area contributed by atoms with Gasteiger partial charge in [0.25, 0.3) is 0 Å². The fourth-order valence-corrected chi connectivity index (χ4v) is 2.18. The summed E-state index contributed by atoms with van der Waals surface area (Å²) in [5, 5.41) is 0. The van der Waals surface area contributed by atoms with Crippen molar-refractivity contribution in [1.82, 2.24) is 0 Å². The van der Waals surface area contributed by atoms with Gasteiger partial charge in [0, 0.05) is 11.4 Å². The predicted molar refractivity (Wildman–Crippen MR) is 86.7 cm³/mol. The van der Waals surface area contributed by atoms with Gasteiger partial charge in [-0.05, 0) is 59.4 Å². The molecule has 0 unspecified atom stereocenters. The van der Waals surface area contributed by atoms with E-state index in [1.54, 1.807) is 0 Å². The van der Waals surface area contributed by atoms with E-state index in [0.717, 1.165) is 24.2 Å². The van der Waals surface area contributed by atoms with Crippen LogP contribution in [-0.4, -0.2) is 0 Å². The normalized spacial score (nSPS) is 10.0. The molecule has 0 radical (unpaired) electrons. The minimum atomic E-state index is 0. The van der Waals surface area contributed by atoms with Crippen molar-refractivity contribution in [2.45, 2.75) is 26.7 Å². The summed E-state index contributed by atoms with van der Waals surface area (Å²) in [5.41, 5.74) is 18.4. The average Bonchev–Trinajstić information content (AvgIpc) is 2.40. The topological polar surface area (TPSA) is 52.0 Å². The summed E-state index contributed by atoms with van der Waals surface area (Å²) in [7, 11) is 0. The van der Waals surface area contributed by atoms with Gasteiger partial charge in [-0.25, -0.2) is 0 Å². The lowest BCUT2D eigenvalue weighted by Gasteiger charge is -2.10. The first-order chi connectivity index (χ1) is 8.65. The molecule has 0 aliphatic heterocycles. The molecule has 0 aliphatic rings. The summed E-state index contributed by atoms with van der Waals surface area (Å²) >= 11 is 0. The summed E-state index contributed by atoms with van der Waals surface area (Å²) in [6.45, 7) is 4.24. The molecule has 0 saturated carbocycles. The van der Waals surface area contributed by atoms with Crippen molar-refractivity contribution in [3.8, 4) is 11.1 Å². The lowest BCUT2D eigenvalue weighted by molar-refractivity contribution is 1.14. The van der Waals surface area contributed by atoms with Crippen molar-refractivity contribution >= 4 is 23.8 Å². The number of hydrogen-bond donors (Lipinski definition) is 2. The molecule has 0 fully saturated rings. The van der Waals surface area contributed by atoms with E-state index in [9.17, 15) is 0 Å². The van der Waals surface area contributed by atoms with E-state index in [2.05, 4.69) is 38.1 Å². The van der Waals surface area contributed by atoms with Gasteiger partial charge in [0.2, 0.25) is 0 Å². The van der Waals surface area contributed by atoms with Crippen LogP contribution in [0.25, 0.3) is 11.1 Å².